The highest BCUT2D eigenvalue weighted by molar-refractivity contribution is 5.81. The van der Waals surface area contributed by atoms with Crippen LogP contribution in [0.25, 0.3) is 10.9 Å². The van der Waals surface area contributed by atoms with Gasteiger partial charge in [-0.2, -0.15) is 0 Å². The van der Waals surface area contributed by atoms with E-state index in [9.17, 15) is 0 Å². The van der Waals surface area contributed by atoms with Crippen LogP contribution in [0.5, 0.6) is 5.75 Å². The molecule has 15 heavy (non-hydrogen) atoms. The summed E-state index contributed by atoms with van der Waals surface area (Å²) >= 11 is 0. The van der Waals surface area contributed by atoms with Crippen molar-refractivity contribution in [2.45, 2.75) is 19.3 Å². The van der Waals surface area contributed by atoms with E-state index in [2.05, 4.69) is 17.1 Å². The molecule has 1 aromatic heterocycles. The average Bonchev–Trinajstić information content (AvgIpc) is 2.72. The molecule has 0 unspecified atom stereocenters. The molecule has 0 bridgehead atoms. The Bertz CT molecular complexity index is 519. The van der Waals surface area contributed by atoms with Gasteiger partial charge in [-0.15, -0.1) is 0 Å². The molecule has 0 atom stereocenters. The first kappa shape index (κ1) is 8.72. The number of benzene rings is 1. The molecule has 0 radical (unpaired) electrons. The number of aromatic nitrogens is 1. The molecule has 2 heteroatoms. The Hall–Kier alpha value is -1.57. The second kappa shape index (κ2) is 3.23. The summed E-state index contributed by atoms with van der Waals surface area (Å²) in [6, 6.07) is 8.32. The molecule has 1 aliphatic carbocycles. The number of nitrogens with zero attached hydrogens (tertiary/aromatic N) is 1. The minimum atomic E-state index is 0.905. The quantitative estimate of drug-likeness (QED) is 0.704. The fourth-order valence-corrected chi connectivity index (χ4v) is 2.24. The molecule has 0 saturated carbocycles. The predicted octanol–water partition coefficient (Wildman–Crippen LogP) is 2.73. The lowest BCUT2D eigenvalue weighted by atomic mass is 10.1. The zero-order valence-electron chi connectivity index (χ0n) is 8.79. The van der Waals surface area contributed by atoms with E-state index in [1.807, 2.05) is 12.1 Å². The van der Waals surface area contributed by atoms with Gasteiger partial charge in [0, 0.05) is 11.1 Å². The summed E-state index contributed by atoms with van der Waals surface area (Å²) in [6.45, 7) is 0. The molecule has 2 nitrogen and oxygen atoms in total. The summed E-state index contributed by atoms with van der Waals surface area (Å²) in [4.78, 5) is 4.68. The molecule has 1 heterocycles. The van der Waals surface area contributed by atoms with Crippen molar-refractivity contribution in [2.24, 2.45) is 0 Å². The van der Waals surface area contributed by atoms with Gasteiger partial charge in [-0.25, -0.2) is 0 Å². The molecule has 0 fully saturated rings. The Morgan fingerprint density at radius 2 is 2.13 bits per heavy atom. The van der Waals surface area contributed by atoms with Gasteiger partial charge in [0.05, 0.1) is 12.6 Å². The van der Waals surface area contributed by atoms with Crippen LogP contribution in [0.4, 0.5) is 0 Å². The highest BCUT2D eigenvalue weighted by Gasteiger charge is 2.13. The molecule has 0 amide bonds. The topological polar surface area (TPSA) is 22.1 Å². The van der Waals surface area contributed by atoms with E-state index in [0.717, 1.165) is 17.7 Å². The van der Waals surface area contributed by atoms with Gasteiger partial charge in [-0.05, 0) is 49.1 Å². The van der Waals surface area contributed by atoms with Crippen LogP contribution in [0.2, 0.25) is 0 Å². The van der Waals surface area contributed by atoms with Crippen LogP contribution in [0.3, 0.4) is 0 Å². The largest absolute Gasteiger partial charge is 0.497 e. The Morgan fingerprint density at radius 3 is 3.00 bits per heavy atom. The Labute approximate surface area is 88.9 Å². The second-order valence-electron chi connectivity index (χ2n) is 4.01. The van der Waals surface area contributed by atoms with E-state index in [4.69, 9.17) is 4.74 Å². The van der Waals surface area contributed by atoms with Gasteiger partial charge in [0.1, 0.15) is 5.75 Å². The molecule has 0 saturated heterocycles. The Morgan fingerprint density at radius 1 is 1.20 bits per heavy atom. The zero-order valence-corrected chi connectivity index (χ0v) is 8.79. The molecule has 76 valence electrons. The summed E-state index contributed by atoms with van der Waals surface area (Å²) in [7, 11) is 1.70. The van der Waals surface area contributed by atoms with E-state index < -0.39 is 0 Å². The van der Waals surface area contributed by atoms with Gasteiger partial charge in [0.25, 0.3) is 0 Å². The van der Waals surface area contributed by atoms with Crippen molar-refractivity contribution < 1.29 is 4.74 Å². The smallest absolute Gasteiger partial charge is 0.119 e. The Balaban J connectivity index is 2.24. The summed E-state index contributed by atoms with van der Waals surface area (Å²) in [5.74, 6) is 0.905. The van der Waals surface area contributed by atoms with Crippen LogP contribution in [0.15, 0.2) is 24.3 Å². The highest BCUT2D eigenvalue weighted by atomic mass is 16.5. The SMILES string of the molecule is COc1ccc2nc3c(cc2c1)CCC3. The molecule has 3 rings (SSSR count). The van der Waals surface area contributed by atoms with Gasteiger partial charge in [-0.3, -0.25) is 4.98 Å². The number of methoxy groups -OCH3 is 1. The number of aryl methyl sites for hydroxylation is 2. The summed E-state index contributed by atoms with van der Waals surface area (Å²) < 4.78 is 5.21. The molecule has 1 aromatic carbocycles. The van der Waals surface area contributed by atoms with Crippen LogP contribution in [0.1, 0.15) is 17.7 Å². The molecular weight excluding hydrogens is 186 g/mol. The van der Waals surface area contributed by atoms with E-state index in [1.165, 1.54) is 29.5 Å². The minimum absolute atomic E-state index is 0.905. The summed E-state index contributed by atoms with van der Waals surface area (Å²) in [6.07, 6.45) is 3.56. The van der Waals surface area contributed by atoms with Crippen molar-refractivity contribution in [2.75, 3.05) is 7.11 Å². The molecule has 0 N–H and O–H groups in total. The average molecular weight is 199 g/mol. The van der Waals surface area contributed by atoms with Gasteiger partial charge in [0.15, 0.2) is 0 Å². The van der Waals surface area contributed by atoms with Gasteiger partial charge in [0.2, 0.25) is 0 Å². The van der Waals surface area contributed by atoms with Gasteiger partial charge >= 0.3 is 0 Å². The molecule has 0 spiro atoms. The van der Waals surface area contributed by atoms with Crippen LogP contribution in [0, 0.1) is 0 Å². The molecular formula is C13H13NO. The molecule has 2 aromatic rings. The third kappa shape index (κ3) is 1.37. The number of ether oxygens (including phenoxy) is 1. The van der Waals surface area contributed by atoms with Crippen molar-refractivity contribution in [3.05, 3.63) is 35.5 Å². The monoisotopic (exact) mass is 199 g/mol. The second-order valence-corrected chi connectivity index (χ2v) is 4.01. The van der Waals surface area contributed by atoms with Gasteiger partial charge in [-0.1, -0.05) is 0 Å². The molecule has 0 aliphatic heterocycles. The highest BCUT2D eigenvalue weighted by Crippen LogP contribution is 2.26. The lowest BCUT2D eigenvalue weighted by Crippen LogP contribution is -1.90. The number of rotatable bonds is 1. The summed E-state index contributed by atoms with van der Waals surface area (Å²) in [5.41, 5.74) is 3.78. The van der Waals surface area contributed by atoms with Crippen LogP contribution >= 0.6 is 0 Å². The zero-order chi connectivity index (χ0) is 10.3. The van der Waals surface area contributed by atoms with Gasteiger partial charge < -0.3 is 4.74 Å². The third-order valence-electron chi connectivity index (χ3n) is 3.05. The van der Waals surface area contributed by atoms with Crippen molar-refractivity contribution in [1.82, 2.24) is 4.98 Å². The number of pyridine rings is 1. The summed E-state index contributed by atoms with van der Waals surface area (Å²) in [5, 5.41) is 1.19. The number of hydrogen-bond donors (Lipinski definition) is 0. The Kier molecular flexibility index (Phi) is 1.88. The first-order valence-corrected chi connectivity index (χ1v) is 5.33. The maximum atomic E-state index is 5.21. The fourth-order valence-electron chi connectivity index (χ4n) is 2.24. The van der Waals surface area contributed by atoms with E-state index in [-0.39, 0.29) is 0 Å². The first-order valence-electron chi connectivity index (χ1n) is 5.33. The van der Waals surface area contributed by atoms with Crippen molar-refractivity contribution >= 4 is 10.9 Å². The minimum Gasteiger partial charge on any atom is -0.497 e. The van der Waals surface area contributed by atoms with E-state index in [0.29, 0.717) is 0 Å². The fraction of sp³-hybridized carbons (Fsp3) is 0.308. The van der Waals surface area contributed by atoms with Crippen molar-refractivity contribution in [3.8, 4) is 5.75 Å². The maximum absolute atomic E-state index is 5.21. The van der Waals surface area contributed by atoms with Crippen LogP contribution in [-0.4, -0.2) is 12.1 Å². The van der Waals surface area contributed by atoms with Crippen molar-refractivity contribution in [3.63, 3.8) is 0 Å². The van der Waals surface area contributed by atoms with E-state index >= 15 is 0 Å². The van der Waals surface area contributed by atoms with E-state index in [1.54, 1.807) is 7.11 Å². The number of fused-ring (bicyclic) bond motifs is 2. The third-order valence-corrected chi connectivity index (χ3v) is 3.05. The van der Waals surface area contributed by atoms with Crippen LogP contribution < -0.4 is 4.74 Å². The standard InChI is InChI=1S/C13H13NO/c1-15-11-5-6-13-10(8-11)7-9-3-2-4-12(9)14-13/h5-8H,2-4H2,1H3. The first-order chi connectivity index (χ1) is 7.36. The normalized spacial score (nSPS) is 14.2. The van der Waals surface area contributed by atoms with Crippen LogP contribution in [-0.2, 0) is 12.8 Å². The molecule has 1 aliphatic rings. The van der Waals surface area contributed by atoms with Crippen molar-refractivity contribution in [1.29, 1.82) is 0 Å². The maximum Gasteiger partial charge on any atom is 0.119 e. The predicted molar refractivity (Wildman–Crippen MR) is 60.3 cm³/mol. The lowest BCUT2D eigenvalue weighted by Gasteiger charge is -2.04. The number of hydrogen-bond acceptors (Lipinski definition) is 2. The lowest BCUT2D eigenvalue weighted by molar-refractivity contribution is 0.415.